The van der Waals surface area contributed by atoms with Crippen molar-refractivity contribution < 1.29 is 4.79 Å². The van der Waals surface area contributed by atoms with Crippen LogP contribution in [0.5, 0.6) is 0 Å². The maximum Gasteiger partial charge on any atom is 0.260 e. The molecule has 4 nitrogen and oxygen atoms in total. The van der Waals surface area contributed by atoms with Gasteiger partial charge in [0.05, 0.1) is 0 Å². The van der Waals surface area contributed by atoms with E-state index in [1.54, 1.807) is 18.3 Å². The van der Waals surface area contributed by atoms with Crippen molar-refractivity contribution in [2.75, 3.05) is 6.54 Å². The molecule has 0 aromatic carbocycles. The first kappa shape index (κ1) is 13.4. The largest absolute Gasteiger partial charge is 0.334 e. The number of amides is 1. The van der Waals surface area contributed by atoms with Crippen molar-refractivity contribution in [2.45, 2.75) is 45.6 Å². The Kier molecular flexibility index (Phi) is 3.19. The molecule has 1 saturated carbocycles. The highest BCUT2D eigenvalue weighted by Gasteiger charge is 2.56. The average Bonchev–Trinajstić information content (AvgIpc) is 2.86. The lowest BCUT2D eigenvalue weighted by Crippen LogP contribution is -2.67. The summed E-state index contributed by atoms with van der Waals surface area (Å²) in [6, 6.07) is 3.62. The van der Waals surface area contributed by atoms with Gasteiger partial charge in [-0.2, -0.15) is 0 Å². The summed E-state index contributed by atoms with van der Waals surface area (Å²) in [7, 11) is 0. The highest BCUT2D eigenvalue weighted by atomic mass is 16.2. The smallest absolute Gasteiger partial charge is 0.260 e. The second-order valence-electron chi connectivity index (χ2n) is 6.60. The Hall–Kier alpha value is -1.58. The zero-order chi connectivity index (χ0) is 14.3. The number of pyridine rings is 1. The van der Waals surface area contributed by atoms with E-state index in [0.29, 0.717) is 11.3 Å². The van der Waals surface area contributed by atoms with Crippen LogP contribution in [0.1, 0.15) is 49.9 Å². The molecule has 108 valence electrons. The average molecular weight is 274 g/mol. The first-order chi connectivity index (χ1) is 9.55. The van der Waals surface area contributed by atoms with E-state index in [-0.39, 0.29) is 23.1 Å². The number of hydrogen-bond acceptors (Lipinski definition) is 2. The molecular weight excluding hydrogens is 252 g/mol. The van der Waals surface area contributed by atoms with Gasteiger partial charge >= 0.3 is 0 Å². The van der Waals surface area contributed by atoms with Gasteiger partial charge in [-0.3, -0.25) is 9.59 Å². The quantitative estimate of drug-likeness (QED) is 0.900. The van der Waals surface area contributed by atoms with Gasteiger partial charge in [0.1, 0.15) is 5.56 Å². The van der Waals surface area contributed by atoms with Crippen molar-refractivity contribution in [3.8, 4) is 0 Å². The number of hydrogen-bond donors (Lipinski definition) is 1. The molecule has 1 atom stereocenters. The molecule has 1 aliphatic carbocycles. The molecule has 1 spiro atoms. The third-order valence-electron chi connectivity index (χ3n) is 4.99. The van der Waals surface area contributed by atoms with Crippen molar-refractivity contribution in [3.63, 3.8) is 0 Å². The fourth-order valence-electron chi connectivity index (χ4n) is 4.29. The number of rotatable bonds is 2. The Morgan fingerprint density at radius 3 is 2.70 bits per heavy atom. The molecule has 1 aromatic rings. The van der Waals surface area contributed by atoms with Crippen LogP contribution in [0.2, 0.25) is 0 Å². The zero-order valence-electron chi connectivity index (χ0n) is 12.2. The van der Waals surface area contributed by atoms with Gasteiger partial charge in [-0.15, -0.1) is 0 Å². The van der Waals surface area contributed by atoms with Crippen LogP contribution in [0.15, 0.2) is 23.1 Å². The van der Waals surface area contributed by atoms with Gasteiger partial charge in [-0.05, 0) is 30.9 Å². The second kappa shape index (κ2) is 4.76. The number of carbonyl (C=O) groups excluding carboxylic acids is 1. The van der Waals surface area contributed by atoms with Crippen LogP contribution in [0.4, 0.5) is 0 Å². The SMILES string of the molecule is CC(C)[C@@H]1N(C(=O)c2ccc[nH]c2=O)CC12CCCC2. The summed E-state index contributed by atoms with van der Waals surface area (Å²) in [6.07, 6.45) is 6.57. The maximum absolute atomic E-state index is 12.6. The summed E-state index contributed by atoms with van der Waals surface area (Å²) < 4.78 is 0. The van der Waals surface area contributed by atoms with Gasteiger partial charge in [0, 0.05) is 24.2 Å². The minimum absolute atomic E-state index is 0.108. The van der Waals surface area contributed by atoms with Gasteiger partial charge in [-0.1, -0.05) is 26.7 Å². The molecule has 2 fully saturated rings. The van der Waals surface area contributed by atoms with E-state index in [1.807, 2.05) is 4.90 Å². The number of H-pyrrole nitrogens is 1. The number of nitrogens with zero attached hydrogens (tertiary/aromatic N) is 1. The van der Waals surface area contributed by atoms with E-state index in [9.17, 15) is 9.59 Å². The van der Waals surface area contributed by atoms with Crippen molar-refractivity contribution >= 4 is 5.91 Å². The Morgan fingerprint density at radius 1 is 1.40 bits per heavy atom. The predicted octanol–water partition coefficient (Wildman–Crippen LogP) is 2.42. The molecule has 1 aromatic heterocycles. The molecular formula is C16H22N2O2. The van der Waals surface area contributed by atoms with Crippen molar-refractivity contribution in [1.82, 2.24) is 9.88 Å². The molecule has 1 aliphatic heterocycles. The molecule has 3 rings (SSSR count). The summed E-state index contributed by atoms with van der Waals surface area (Å²) in [6.45, 7) is 5.18. The first-order valence-electron chi connectivity index (χ1n) is 7.54. The van der Waals surface area contributed by atoms with Gasteiger partial charge in [-0.25, -0.2) is 0 Å². The van der Waals surface area contributed by atoms with E-state index in [2.05, 4.69) is 18.8 Å². The monoisotopic (exact) mass is 274 g/mol. The van der Waals surface area contributed by atoms with Crippen molar-refractivity contribution in [2.24, 2.45) is 11.3 Å². The highest BCUT2D eigenvalue weighted by Crippen LogP contribution is 2.53. The molecule has 1 saturated heterocycles. The normalized spacial score (nSPS) is 24.1. The molecule has 0 unspecified atom stereocenters. The second-order valence-corrected chi connectivity index (χ2v) is 6.60. The zero-order valence-corrected chi connectivity index (χ0v) is 12.2. The van der Waals surface area contributed by atoms with Crippen LogP contribution in [0, 0.1) is 11.3 Å². The summed E-state index contributed by atoms with van der Waals surface area (Å²) >= 11 is 0. The Bertz CT molecular complexity index is 570. The minimum Gasteiger partial charge on any atom is -0.334 e. The van der Waals surface area contributed by atoms with E-state index in [1.165, 1.54) is 25.7 Å². The van der Waals surface area contributed by atoms with E-state index in [0.717, 1.165) is 6.54 Å². The van der Waals surface area contributed by atoms with E-state index >= 15 is 0 Å². The molecule has 1 amide bonds. The van der Waals surface area contributed by atoms with Gasteiger partial charge in [0.2, 0.25) is 0 Å². The summed E-state index contributed by atoms with van der Waals surface area (Å²) in [5, 5.41) is 0. The summed E-state index contributed by atoms with van der Waals surface area (Å²) in [5.41, 5.74) is 0.309. The number of nitrogens with one attached hydrogen (secondary N) is 1. The van der Waals surface area contributed by atoms with Crippen LogP contribution >= 0.6 is 0 Å². The number of aromatic nitrogens is 1. The maximum atomic E-state index is 12.6. The molecule has 0 radical (unpaired) electrons. The van der Waals surface area contributed by atoms with Crippen molar-refractivity contribution in [1.29, 1.82) is 0 Å². The molecule has 1 N–H and O–H groups in total. The number of carbonyl (C=O) groups is 1. The Balaban J connectivity index is 1.86. The molecule has 4 heteroatoms. The molecule has 2 heterocycles. The standard InChI is InChI=1S/C16H22N2O2/c1-11(2)13-16(7-3-4-8-16)10-18(13)15(20)12-6-5-9-17-14(12)19/h5-6,9,11,13H,3-4,7-8,10H2,1-2H3,(H,17,19)/t13-/m0/s1. The lowest BCUT2D eigenvalue weighted by molar-refractivity contribution is -0.0702. The number of likely N-dealkylation sites (tertiary alicyclic amines) is 1. The van der Waals surface area contributed by atoms with Crippen LogP contribution in [0.3, 0.4) is 0 Å². The molecule has 0 bridgehead atoms. The van der Waals surface area contributed by atoms with Crippen LogP contribution in [-0.4, -0.2) is 28.4 Å². The minimum atomic E-state index is -0.285. The topological polar surface area (TPSA) is 53.2 Å². The van der Waals surface area contributed by atoms with Crippen LogP contribution in [-0.2, 0) is 0 Å². The Morgan fingerprint density at radius 2 is 2.10 bits per heavy atom. The van der Waals surface area contributed by atoms with Gasteiger partial charge in [0.25, 0.3) is 11.5 Å². The fraction of sp³-hybridized carbons (Fsp3) is 0.625. The lowest BCUT2D eigenvalue weighted by Gasteiger charge is -2.58. The third-order valence-corrected chi connectivity index (χ3v) is 4.99. The van der Waals surface area contributed by atoms with E-state index < -0.39 is 0 Å². The number of aromatic amines is 1. The molecule has 20 heavy (non-hydrogen) atoms. The van der Waals surface area contributed by atoms with Gasteiger partial charge in [0.15, 0.2) is 0 Å². The predicted molar refractivity (Wildman–Crippen MR) is 77.6 cm³/mol. The molecule has 2 aliphatic rings. The lowest BCUT2D eigenvalue weighted by atomic mass is 9.65. The highest BCUT2D eigenvalue weighted by molar-refractivity contribution is 5.94. The third kappa shape index (κ3) is 1.89. The van der Waals surface area contributed by atoms with E-state index in [4.69, 9.17) is 0 Å². The first-order valence-corrected chi connectivity index (χ1v) is 7.54. The Labute approximate surface area is 119 Å². The summed E-state index contributed by atoms with van der Waals surface area (Å²) in [5.74, 6) is 0.330. The van der Waals surface area contributed by atoms with Crippen LogP contribution in [0.25, 0.3) is 0 Å². The summed E-state index contributed by atoms with van der Waals surface area (Å²) in [4.78, 5) is 28.9. The van der Waals surface area contributed by atoms with Crippen molar-refractivity contribution in [3.05, 3.63) is 34.2 Å². The van der Waals surface area contributed by atoms with Crippen LogP contribution < -0.4 is 5.56 Å². The fourth-order valence-corrected chi connectivity index (χ4v) is 4.29. The van der Waals surface area contributed by atoms with Gasteiger partial charge < -0.3 is 9.88 Å².